The van der Waals surface area contributed by atoms with Crippen LogP contribution in [0.1, 0.15) is 31.1 Å². The molecule has 1 aliphatic rings. The lowest BCUT2D eigenvalue weighted by Crippen LogP contribution is -2.48. The number of benzene rings is 1. The number of carbonyl (C=O) groups is 1. The first-order valence-corrected chi connectivity index (χ1v) is 7.74. The van der Waals surface area contributed by atoms with Gasteiger partial charge < -0.3 is 14.6 Å². The smallest absolute Gasteiger partial charge is 0.163 e. The van der Waals surface area contributed by atoms with Gasteiger partial charge >= 0.3 is 0 Å². The van der Waals surface area contributed by atoms with Gasteiger partial charge in [0.1, 0.15) is 18.5 Å². The lowest BCUT2D eigenvalue weighted by Gasteiger charge is -2.36. The molecule has 0 aliphatic carbocycles. The van der Waals surface area contributed by atoms with Crippen LogP contribution in [0, 0.1) is 0 Å². The van der Waals surface area contributed by atoms with Crippen LogP contribution < -0.4 is 4.74 Å². The summed E-state index contributed by atoms with van der Waals surface area (Å²) in [7, 11) is 0. The number of Topliss-reactive ketones (excluding diaryl/α,β-unsaturated/α-hetero) is 1. The number of carbonyl (C=O) groups excluding carboxylic acids is 1. The molecule has 1 aromatic rings. The van der Waals surface area contributed by atoms with Crippen LogP contribution in [0.15, 0.2) is 24.3 Å². The standard InChI is InChI=1S/C17H25NO4/c1-12-8-18(9-13(2)22-12)10-15(20)11-21-17-7-5-4-6-16(17)14(3)19/h4-7,12-13,15,20H,8-11H2,1-3H3. The summed E-state index contributed by atoms with van der Waals surface area (Å²) in [6, 6.07) is 7.10. The summed E-state index contributed by atoms with van der Waals surface area (Å²) in [4.78, 5) is 13.7. The second-order valence-electron chi connectivity index (χ2n) is 5.99. The van der Waals surface area contributed by atoms with Crippen molar-refractivity contribution in [3.05, 3.63) is 29.8 Å². The number of ether oxygens (including phenoxy) is 2. The molecule has 3 unspecified atom stereocenters. The SMILES string of the molecule is CC(=O)c1ccccc1OCC(O)CN1CC(C)OC(C)C1. The van der Waals surface area contributed by atoms with Gasteiger partial charge in [0.15, 0.2) is 5.78 Å². The van der Waals surface area contributed by atoms with Crippen molar-refractivity contribution in [2.75, 3.05) is 26.2 Å². The zero-order valence-electron chi connectivity index (χ0n) is 13.5. The van der Waals surface area contributed by atoms with E-state index in [4.69, 9.17) is 9.47 Å². The van der Waals surface area contributed by atoms with E-state index in [1.165, 1.54) is 6.92 Å². The number of nitrogens with zero attached hydrogens (tertiary/aromatic N) is 1. The van der Waals surface area contributed by atoms with E-state index in [0.717, 1.165) is 13.1 Å². The predicted molar refractivity (Wildman–Crippen MR) is 84.4 cm³/mol. The van der Waals surface area contributed by atoms with E-state index in [0.29, 0.717) is 17.9 Å². The number of hydrogen-bond donors (Lipinski definition) is 1. The minimum Gasteiger partial charge on any atom is -0.490 e. The third-order valence-electron chi connectivity index (χ3n) is 3.66. The highest BCUT2D eigenvalue weighted by atomic mass is 16.5. The molecule has 2 rings (SSSR count). The number of β-amino-alcohol motifs (C(OH)–C–C–N with tert-alkyl or cyclic N) is 1. The molecule has 1 aliphatic heterocycles. The summed E-state index contributed by atoms with van der Waals surface area (Å²) in [6.45, 7) is 7.92. The fraction of sp³-hybridized carbons (Fsp3) is 0.588. The molecule has 1 heterocycles. The number of ketones is 1. The van der Waals surface area contributed by atoms with Crippen LogP contribution in [0.25, 0.3) is 0 Å². The van der Waals surface area contributed by atoms with Gasteiger partial charge in [-0.2, -0.15) is 0 Å². The Morgan fingerprint density at radius 2 is 2.00 bits per heavy atom. The van der Waals surface area contributed by atoms with Crippen LogP contribution in [-0.4, -0.2) is 60.3 Å². The van der Waals surface area contributed by atoms with Crippen molar-refractivity contribution < 1.29 is 19.4 Å². The molecule has 1 N–H and O–H groups in total. The Bertz CT molecular complexity index is 495. The van der Waals surface area contributed by atoms with Gasteiger partial charge in [0.25, 0.3) is 0 Å². The number of aliphatic hydroxyl groups is 1. The van der Waals surface area contributed by atoms with E-state index in [2.05, 4.69) is 4.90 Å². The monoisotopic (exact) mass is 307 g/mol. The van der Waals surface area contributed by atoms with Crippen LogP contribution in [-0.2, 0) is 4.74 Å². The number of aliphatic hydroxyl groups excluding tert-OH is 1. The molecule has 1 fully saturated rings. The van der Waals surface area contributed by atoms with Crippen LogP contribution in [0.3, 0.4) is 0 Å². The Morgan fingerprint density at radius 3 is 2.64 bits per heavy atom. The summed E-state index contributed by atoms with van der Waals surface area (Å²) in [5, 5.41) is 10.2. The Labute approximate surface area is 131 Å². The van der Waals surface area contributed by atoms with Crippen molar-refractivity contribution in [2.24, 2.45) is 0 Å². The van der Waals surface area contributed by atoms with Crippen molar-refractivity contribution in [3.63, 3.8) is 0 Å². The summed E-state index contributed by atoms with van der Waals surface area (Å²) in [5.74, 6) is 0.485. The molecule has 5 heteroatoms. The molecule has 0 radical (unpaired) electrons. The fourth-order valence-electron chi connectivity index (χ4n) is 2.85. The first kappa shape index (κ1) is 16.9. The maximum atomic E-state index is 11.5. The molecule has 5 nitrogen and oxygen atoms in total. The first-order valence-electron chi connectivity index (χ1n) is 7.74. The van der Waals surface area contributed by atoms with Gasteiger partial charge in [-0.3, -0.25) is 9.69 Å². The molecule has 0 aromatic heterocycles. The number of para-hydroxylation sites is 1. The predicted octanol–water partition coefficient (Wildman–Crippen LogP) is 1.74. The lowest BCUT2D eigenvalue weighted by atomic mass is 10.1. The van der Waals surface area contributed by atoms with Gasteiger partial charge in [-0.1, -0.05) is 12.1 Å². The normalized spacial score (nSPS) is 24.0. The van der Waals surface area contributed by atoms with E-state index in [9.17, 15) is 9.90 Å². The molecule has 3 atom stereocenters. The number of rotatable bonds is 6. The van der Waals surface area contributed by atoms with Crippen molar-refractivity contribution in [1.82, 2.24) is 4.90 Å². The van der Waals surface area contributed by atoms with Crippen LogP contribution in [0.2, 0.25) is 0 Å². The van der Waals surface area contributed by atoms with Gasteiger partial charge in [0.05, 0.1) is 17.8 Å². The zero-order chi connectivity index (χ0) is 16.1. The maximum absolute atomic E-state index is 11.5. The van der Waals surface area contributed by atoms with E-state index in [1.54, 1.807) is 18.2 Å². The van der Waals surface area contributed by atoms with Crippen molar-refractivity contribution in [1.29, 1.82) is 0 Å². The maximum Gasteiger partial charge on any atom is 0.163 e. The Balaban J connectivity index is 1.85. The third kappa shape index (κ3) is 4.80. The Kier molecular flexibility index (Phi) is 5.94. The Morgan fingerprint density at radius 1 is 1.36 bits per heavy atom. The molecule has 1 aromatic carbocycles. The van der Waals surface area contributed by atoms with Gasteiger partial charge in [-0.05, 0) is 32.9 Å². The van der Waals surface area contributed by atoms with Crippen molar-refractivity contribution in [2.45, 2.75) is 39.1 Å². The van der Waals surface area contributed by atoms with Gasteiger partial charge in [-0.15, -0.1) is 0 Å². The molecule has 0 saturated carbocycles. The van der Waals surface area contributed by atoms with Crippen LogP contribution >= 0.6 is 0 Å². The third-order valence-corrected chi connectivity index (χ3v) is 3.66. The minimum atomic E-state index is -0.600. The zero-order valence-corrected chi connectivity index (χ0v) is 13.5. The molecular formula is C17H25NO4. The summed E-state index contributed by atoms with van der Waals surface area (Å²) in [5.41, 5.74) is 0.545. The molecule has 1 saturated heterocycles. The lowest BCUT2D eigenvalue weighted by molar-refractivity contribution is -0.0787. The largest absolute Gasteiger partial charge is 0.490 e. The summed E-state index contributed by atoms with van der Waals surface area (Å²) >= 11 is 0. The van der Waals surface area contributed by atoms with Crippen molar-refractivity contribution >= 4 is 5.78 Å². The highest BCUT2D eigenvalue weighted by Crippen LogP contribution is 2.19. The minimum absolute atomic E-state index is 0.0408. The highest BCUT2D eigenvalue weighted by molar-refractivity contribution is 5.96. The van der Waals surface area contributed by atoms with Crippen LogP contribution in [0.4, 0.5) is 0 Å². The van der Waals surface area contributed by atoms with E-state index < -0.39 is 6.10 Å². The van der Waals surface area contributed by atoms with Crippen LogP contribution in [0.5, 0.6) is 5.75 Å². The van der Waals surface area contributed by atoms with Gasteiger partial charge in [0.2, 0.25) is 0 Å². The fourth-order valence-corrected chi connectivity index (χ4v) is 2.85. The summed E-state index contributed by atoms with van der Waals surface area (Å²) < 4.78 is 11.3. The second kappa shape index (κ2) is 7.72. The summed E-state index contributed by atoms with van der Waals surface area (Å²) in [6.07, 6.45) is -0.247. The van der Waals surface area contributed by atoms with Gasteiger partial charge in [-0.25, -0.2) is 0 Å². The molecule has 0 amide bonds. The molecular weight excluding hydrogens is 282 g/mol. The Hall–Kier alpha value is -1.43. The topological polar surface area (TPSA) is 59.0 Å². The number of hydrogen-bond acceptors (Lipinski definition) is 5. The van der Waals surface area contributed by atoms with E-state index >= 15 is 0 Å². The van der Waals surface area contributed by atoms with Gasteiger partial charge in [0, 0.05) is 19.6 Å². The molecule has 0 bridgehead atoms. The number of morpholine rings is 1. The average molecular weight is 307 g/mol. The highest BCUT2D eigenvalue weighted by Gasteiger charge is 2.24. The van der Waals surface area contributed by atoms with E-state index in [1.807, 2.05) is 19.9 Å². The molecule has 122 valence electrons. The molecule has 22 heavy (non-hydrogen) atoms. The first-order chi connectivity index (χ1) is 10.5. The quantitative estimate of drug-likeness (QED) is 0.811. The van der Waals surface area contributed by atoms with Crippen molar-refractivity contribution in [3.8, 4) is 5.75 Å². The average Bonchev–Trinajstić information content (AvgIpc) is 2.44. The molecule has 0 spiro atoms. The van der Waals surface area contributed by atoms with E-state index in [-0.39, 0.29) is 24.6 Å². The second-order valence-corrected chi connectivity index (χ2v) is 5.99.